The van der Waals surface area contributed by atoms with Crippen LogP contribution in [0.4, 0.5) is 0 Å². The fourth-order valence-corrected chi connectivity index (χ4v) is 4.13. The summed E-state index contributed by atoms with van der Waals surface area (Å²) in [5.74, 6) is 3.22. The molecule has 31 heavy (non-hydrogen) atoms. The van der Waals surface area contributed by atoms with Gasteiger partial charge in [-0.05, 0) is 58.2 Å². The Morgan fingerprint density at radius 1 is 1.23 bits per heavy atom. The highest BCUT2D eigenvalue weighted by atomic mass is 127. The molecule has 1 saturated heterocycles. The maximum absolute atomic E-state index is 5.51. The second-order valence-corrected chi connectivity index (χ2v) is 8.11. The number of hydrogen-bond donors (Lipinski definition) is 3. The van der Waals surface area contributed by atoms with Crippen LogP contribution in [-0.2, 0) is 6.42 Å². The number of nitrogens with one attached hydrogen (secondary N) is 3. The summed E-state index contributed by atoms with van der Waals surface area (Å²) in [5.41, 5.74) is 2.24. The van der Waals surface area contributed by atoms with Gasteiger partial charge in [0.25, 0.3) is 0 Å². The lowest BCUT2D eigenvalue weighted by atomic mass is 9.99. The van der Waals surface area contributed by atoms with Gasteiger partial charge in [-0.15, -0.1) is 24.0 Å². The highest BCUT2D eigenvalue weighted by molar-refractivity contribution is 14.0. The number of benzene rings is 1. The lowest BCUT2D eigenvalue weighted by Crippen LogP contribution is -2.39. The predicted octanol–water partition coefficient (Wildman–Crippen LogP) is 3.63. The Morgan fingerprint density at radius 3 is 2.77 bits per heavy atom. The van der Waals surface area contributed by atoms with Crippen molar-refractivity contribution in [3.8, 4) is 11.5 Å². The summed E-state index contributed by atoms with van der Waals surface area (Å²) < 4.78 is 10.9. The molecule has 0 amide bonds. The summed E-state index contributed by atoms with van der Waals surface area (Å²) >= 11 is 0. The maximum Gasteiger partial charge on any atom is 0.191 e. The summed E-state index contributed by atoms with van der Waals surface area (Å²) in [6, 6.07) is 6.11. The summed E-state index contributed by atoms with van der Waals surface area (Å²) in [6.07, 6.45) is 4.53. The van der Waals surface area contributed by atoms with Gasteiger partial charge in [0.05, 0.1) is 19.7 Å². The third-order valence-electron chi connectivity index (χ3n) is 5.67. The third-order valence-corrected chi connectivity index (χ3v) is 5.67. The van der Waals surface area contributed by atoms with E-state index in [1.54, 1.807) is 14.2 Å². The van der Waals surface area contributed by atoms with Crippen molar-refractivity contribution in [3.63, 3.8) is 0 Å². The van der Waals surface area contributed by atoms with Crippen LogP contribution in [0, 0.1) is 5.92 Å². The molecule has 1 aromatic carbocycles. The molecule has 0 saturated carbocycles. The Bertz CT molecular complexity index is 839. The van der Waals surface area contributed by atoms with Crippen molar-refractivity contribution < 1.29 is 9.47 Å². The summed E-state index contributed by atoms with van der Waals surface area (Å²) in [4.78, 5) is 10.7. The van der Waals surface area contributed by atoms with Crippen LogP contribution < -0.4 is 20.1 Å². The van der Waals surface area contributed by atoms with Crippen molar-refractivity contribution in [3.05, 3.63) is 23.9 Å². The monoisotopic (exact) mass is 543 g/mol. The van der Waals surface area contributed by atoms with Gasteiger partial charge in [-0.1, -0.05) is 0 Å². The lowest BCUT2D eigenvalue weighted by molar-refractivity contribution is 0.214. The van der Waals surface area contributed by atoms with Crippen LogP contribution in [0.3, 0.4) is 0 Å². The van der Waals surface area contributed by atoms with Gasteiger partial charge < -0.3 is 30.0 Å². The molecule has 3 N–H and O–H groups in total. The van der Waals surface area contributed by atoms with Crippen LogP contribution >= 0.6 is 24.0 Å². The Morgan fingerprint density at radius 2 is 2.06 bits per heavy atom. The van der Waals surface area contributed by atoms with Gasteiger partial charge in [-0.2, -0.15) is 0 Å². The number of aromatic nitrogens is 1. The van der Waals surface area contributed by atoms with Crippen molar-refractivity contribution >= 4 is 40.8 Å². The molecule has 2 aromatic rings. The van der Waals surface area contributed by atoms with E-state index in [2.05, 4.69) is 40.6 Å². The number of methoxy groups -OCH3 is 2. The SMILES string of the molecule is CCNC(=NCC1CCCN(C)C1)NCCCc1cc2c(OC)cc(OC)cc2[nH]1.I. The number of halogens is 1. The Balaban J connectivity index is 0.00000341. The number of aromatic amines is 1. The predicted molar refractivity (Wildman–Crippen MR) is 139 cm³/mol. The molecule has 0 spiro atoms. The first-order valence-corrected chi connectivity index (χ1v) is 11.1. The number of rotatable bonds is 9. The fourth-order valence-electron chi connectivity index (χ4n) is 4.13. The smallest absolute Gasteiger partial charge is 0.191 e. The molecule has 1 aliphatic rings. The van der Waals surface area contributed by atoms with Gasteiger partial charge in [-0.3, -0.25) is 4.99 Å². The zero-order valence-corrected chi connectivity index (χ0v) is 21.6. The van der Waals surface area contributed by atoms with E-state index in [4.69, 9.17) is 14.5 Å². The summed E-state index contributed by atoms with van der Waals surface area (Å²) in [7, 11) is 5.57. The van der Waals surface area contributed by atoms with E-state index >= 15 is 0 Å². The van der Waals surface area contributed by atoms with E-state index in [-0.39, 0.29) is 24.0 Å². The first-order chi connectivity index (χ1) is 14.6. The third kappa shape index (κ3) is 7.45. The molecule has 1 atom stereocenters. The van der Waals surface area contributed by atoms with E-state index in [1.807, 2.05) is 12.1 Å². The minimum absolute atomic E-state index is 0. The highest BCUT2D eigenvalue weighted by Crippen LogP contribution is 2.31. The quantitative estimate of drug-likeness (QED) is 0.195. The number of fused-ring (bicyclic) bond motifs is 1. The molecule has 8 heteroatoms. The van der Waals surface area contributed by atoms with Crippen molar-refractivity contribution in [1.82, 2.24) is 20.5 Å². The topological polar surface area (TPSA) is 73.9 Å². The minimum atomic E-state index is 0. The maximum atomic E-state index is 5.51. The molecule has 7 nitrogen and oxygen atoms in total. The molecule has 1 aromatic heterocycles. The van der Waals surface area contributed by atoms with E-state index in [9.17, 15) is 0 Å². The molecule has 0 bridgehead atoms. The highest BCUT2D eigenvalue weighted by Gasteiger charge is 2.16. The average Bonchev–Trinajstić information content (AvgIpc) is 3.17. The van der Waals surface area contributed by atoms with Crippen molar-refractivity contribution in [1.29, 1.82) is 0 Å². The number of H-pyrrole nitrogens is 1. The number of hydrogen-bond acceptors (Lipinski definition) is 4. The zero-order chi connectivity index (χ0) is 21.3. The molecule has 3 rings (SSSR count). The normalized spacial score (nSPS) is 17.3. The Kier molecular flexibility index (Phi) is 10.7. The number of guanidine groups is 1. The summed E-state index contributed by atoms with van der Waals surface area (Å²) in [5, 5.41) is 7.94. The number of likely N-dealkylation sites (tertiary alicyclic amines) is 1. The summed E-state index contributed by atoms with van der Waals surface area (Å²) in [6.45, 7) is 7.12. The molecule has 174 valence electrons. The van der Waals surface area contributed by atoms with Crippen LogP contribution in [0.25, 0.3) is 10.9 Å². The van der Waals surface area contributed by atoms with Gasteiger partial charge in [0.1, 0.15) is 11.5 Å². The van der Waals surface area contributed by atoms with Gasteiger partial charge >= 0.3 is 0 Å². The van der Waals surface area contributed by atoms with Crippen molar-refractivity contribution in [2.24, 2.45) is 10.9 Å². The molecule has 2 heterocycles. The molecule has 1 unspecified atom stereocenters. The fraction of sp³-hybridized carbons (Fsp3) is 0.609. The number of aliphatic imine (C=N–C) groups is 1. The molecular formula is C23H38IN5O2. The van der Waals surface area contributed by atoms with E-state index < -0.39 is 0 Å². The first-order valence-electron chi connectivity index (χ1n) is 11.1. The Hall–Kier alpha value is -1.68. The number of nitrogens with zero attached hydrogens (tertiary/aromatic N) is 2. The molecule has 1 aliphatic heterocycles. The lowest BCUT2D eigenvalue weighted by Gasteiger charge is -2.28. The van der Waals surface area contributed by atoms with Gasteiger partial charge in [0.2, 0.25) is 0 Å². The standard InChI is InChI=1S/C23H37N5O2.HI/c1-5-24-23(26-15-17-8-7-11-28(2)16-17)25-10-6-9-18-12-20-21(27-18)13-19(29-3)14-22(20)30-4;/h12-14,17,27H,5-11,15-16H2,1-4H3,(H2,24,25,26);1H. The van der Waals surface area contributed by atoms with Crippen molar-refractivity contribution in [2.75, 3.05) is 54.0 Å². The van der Waals surface area contributed by atoms with E-state index in [0.29, 0.717) is 5.92 Å². The minimum Gasteiger partial charge on any atom is -0.497 e. The second kappa shape index (κ2) is 13.0. The van der Waals surface area contributed by atoms with Gasteiger partial charge in [0.15, 0.2) is 5.96 Å². The molecule has 1 fully saturated rings. The van der Waals surface area contributed by atoms with Crippen LogP contribution in [0.15, 0.2) is 23.2 Å². The zero-order valence-electron chi connectivity index (χ0n) is 19.3. The van der Waals surface area contributed by atoms with Crippen LogP contribution in [-0.4, -0.2) is 69.8 Å². The van der Waals surface area contributed by atoms with Crippen LogP contribution in [0.5, 0.6) is 11.5 Å². The largest absolute Gasteiger partial charge is 0.497 e. The van der Waals surface area contributed by atoms with Gasteiger partial charge in [0, 0.05) is 49.4 Å². The van der Waals surface area contributed by atoms with Crippen LogP contribution in [0.1, 0.15) is 31.9 Å². The number of piperidine rings is 1. The second-order valence-electron chi connectivity index (χ2n) is 8.11. The number of aryl methyl sites for hydroxylation is 1. The molecular weight excluding hydrogens is 505 g/mol. The number of ether oxygens (including phenoxy) is 2. The van der Waals surface area contributed by atoms with Crippen LogP contribution in [0.2, 0.25) is 0 Å². The molecule has 0 aliphatic carbocycles. The molecule has 0 radical (unpaired) electrons. The average molecular weight is 543 g/mol. The van der Waals surface area contributed by atoms with Gasteiger partial charge in [-0.25, -0.2) is 0 Å². The Labute approximate surface area is 203 Å². The van der Waals surface area contributed by atoms with E-state index in [0.717, 1.165) is 67.4 Å². The van der Waals surface area contributed by atoms with Crippen molar-refractivity contribution in [2.45, 2.75) is 32.6 Å². The van der Waals surface area contributed by atoms with E-state index in [1.165, 1.54) is 25.1 Å². The first kappa shape index (κ1) is 25.6.